The van der Waals surface area contributed by atoms with Crippen molar-refractivity contribution in [2.45, 2.75) is 26.2 Å². The van der Waals surface area contributed by atoms with Gasteiger partial charge in [-0.05, 0) is 54.8 Å². The molecule has 3 N–H and O–H groups in total. The van der Waals surface area contributed by atoms with Gasteiger partial charge in [0.15, 0.2) is 5.43 Å². The lowest BCUT2D eigenvalue weighted by molar-refractivity contribution is 0.0698. The molecule has 7 heteroatoms. The molecule has 2 aromatic carbocycles. The molecule has 2 aliphatic rings. The van der Waals surface area contributed by atoms with E-state index in [1.807, 2.05) is 0 Å². The highest BCUT2D eigenvalue weighted by Gasteiger charge is 2.22. The van der Waals surface area contributed by atoms with Crippen molar-refractivity contribution in [1.29, 1.82) is 0 Å². The summed E-state index contributed by atoms with van der Waals surface area (Å²) < 4.78 is 5.85. The van der Waals surface area contributed by atoms with Gasteiger partial charge in [-0.1, -0.05) is 31.6 Å². The van der Waals surface area contributed by atoms with Crippen LogP contribution in [0.1, 0.15) is 36.5 Å². The van der Waals surface area contributed by atoms with E-state index in [9.17, 15) is 19.8 Å². The molecular formula is C25H21NO5S. The Morgan fingerprint density at radius 3 is 2.59 bits per heavy atom. The number of fused-ring (bicyclic) bond motifs is 2. The molecule has 0 spiro atoms. The fraction of sp³-hybridized carbons (Fsp3) is 0.160. The van der Waals surface area contributed by atoms with Crippen LogP contribution in [0.5, 0.6) is 5.75 Å². The number of aromatic carboxylic acids is 1. The van der Waals surface area contributed by atoms with Crippen molar-refractivity contribution in [2.75, 3.05) is 5.32 Å². The van der Waals surface area contributed by atoms with Crippen LogP contribution in [0.4, 0.5) is 5.69 Å². The van der Waals surface area contributed by atoms with E-state index < -0.39 is 5.97 Å². The highest BCUT2D eigenvalue weighted by molar-refractivity contribution is 7.80. The summed E-state index contributed by atoms with van der Waals surface area (Å²) in [6, 6.07) is 14.1. The maximum absolute atomic E-state index is 12.2. The number of carbonyl (C=O) groups is 1. The zero-order chi connectivity index (χ0) is 22.8. The van der Waals surface area contributed by atoms with Gasteiger partial charge in [0.05, 0.1) is 10.6 Å². The van der Waals surface area contributed by atoms with E-state index in [0.717, 1.165) is 19.3 Å². The summed E-state index contributed by atoms with van der Waals surface area (Å²) in [6.45, 7) is 2.08. The number of thiocarbonyl (C=S) groups is 1. The van der Waals surface area contributed by atoms with Crippen LogP contribution in [0.25, 0.3) is 33.4 Å². The number of anilines is 1. The van der Waals surface area contributed by atoms with Gasteiger partial charge in [0, 0.05) is 34.3 Å². The van der Waals surface area contributed by atoms with Gasteiger partial charge in [-0.2, -0.15) is 0 Å². The summed E-state index contributed by atoms with van der Waals surface area (Å²) in [6.07, 6.45) is 2.70. The Labute approximate surface area is 189 Å². The predicted octanol–water partition coefficient (Wildman–Crippen LogP) is 5.90. The smallest absolute Gasteiger partial charge is 0.336 e. The molecule has 0 saturated heterocycles. The number of aromatic hydroxyl groups is 1. The van der Waals surface area contributed by atoms with Gasteiger partial charge in [-0.25, -0.2) is 4.79 Å². The lowest BCUT2D eigenvalue weighted by atomic mass is 9.90. The Kier molecular flexibility index (Phi) is 5.92. The normalized spacial score (nSPS) is 11.0. The summed E-state index contributed by atoms with van der Waals surface area (Å²) in [5.41, 5.74) is 2.48. The topological polar surface area (TPSA) is 99.8 Å². The molecule has 32 heavy (non-hydrogen) atoms. The van der Waals surface area contributed by atoms with Crippen LogP contribution in [-0.4, -0.2) is 21.2 Å². The van der Waals surface area contributed by atoms with Crippen LogP contribution in [0, 0.1) is 0 Å². The number of hydrogen-bond donors (Lipinski definition) is 3. The van der Waals surface area contributed by atoms with Crippen LogP contribution in [0.15, 0.2) is 63.8 Å². The van der Waals surface area contributed by atoms with E-state index in [4.69, 9.17) is 16.6 Å². The largest absolute Gasteiger partial charge is 0.508 e. The van der Waals surface area contributed by atoms with Crippen LogP contribution in [-0.2, 0) is 0 Å². The maximum Gasteiger partial charge on any atom is 0.336 e. The molecular weight excluding hydrogens is 426 g/mol. The first-order valence-corrected chi connectivity index (χ1v) is 10.7. The molecule has 0 amide bonds. The molecule has 2 aromatic rings. The Hall–Kier alpha value is -3.71. The molecule has 6 nitrogen and oxygen atoms in total. The Morgan fingerprint density at radius 2 is 1.84 bits per heavy atom. The lowest BCUT2D eigenvalue weighted by Gasteiger charge is -2.17. The number of phenolic OH excluding ortho intramolecular Hbond substituents is 1. The molecule has 0 unspecified atom stereocenters. The molecule has 1 aliphatic carbocycles. The third kappa shape index (κ3) is 4.20. The molecule has 0 fully saturated rings. The Bertz CT molecular complexity index is 1370. The number of hydrogen-bond acceptors (Lipinski definition) is 5. The summed E-state index contributed by atoms with van der Waals surface area (Å²) in [7, 11) is 0. The Balaban J connectivity index is 1.94. The molecule has 0 radical (unpaired) electrons. The van der Waals surface area contributed by atoms with Gasteiger partial charge in [0.1, 0.15) is 17.1 Å². The summed E-state index contributed by atoms with van der Waals surface area (Å²) in [5.74, 6) is -0.780. The molecule has 0 saturated carbocycles. The van der Waals surface area contributed by atoms with Crippen molar-refractivity contribution in [3.05, 3.63) is 70.4 Å². The number of unbranched alkanes of at least 4 members (excludes halogenated alkanes) is 1. The van der Waals surface area contributed by atoms with Crippen LogP contribution in [0.3, 0.4) is 0 Å². The first-order valence-electron chi connectivity index (χ1n) is 10.2. The third-order valence-corrected chi connectivity index (χ3v) is 5.54. The summed E-state index contributed by atoms with van der Waals surface area (Å²) >= 11 is 5.36. The van der Waals surface area contributed by atoms with Gasteiger partial charge < -0.3 is 19.9 Å². The van der Waals surface area contributed by atoms with Crippen molar-refractivity contribution >= 4 is 39.8 Å². The second-order valence-corrected chi connectivity index (χ2v) is 8.03. The van der Waals surface area contributed by atoms with E-state index in [2.05, 4.69) is 12.2 Å². The molecule has 1 heterocycles. The minimum absolute atomic E-state index is 0.00317. The van der Waals surface area contributed by atoms with Crippen molar-refractivity contribution in [1.82, 2.24) is 0 Å². The van der Waals surface area contributed by atoms with Crippen molar-refractivity contribution < 1.29 is 19.4 Å². The van der Waals surface area contributed by atoms with E-state index in [-0.39, 0.29) is 16.7 Å². The van der Waals surface area contributed by atoms with Crippen LogP contribution < -0.4 is 10.7 Å². The Morgan fingerprint density at radius 1 is 1.06 bits per heavy atom. The zero-order valence-electron chi connectivity index (χ0n) is 17.3. The number of phenols is 1. The number of carboxylic acids is 1. The van der Waals surface area contributed by atoms with Crippen LogP contribution in [0.2, 0.25) is 0 Å². The molecule has 0 aromatic heterocycles. The average Bonchev–Trinajstić information content (AvgIpc) is 2.76. The number of carboxylic acid groups (broad SMARTS) is 1. The first-order chi connectivity index (χ1) is 15.4. The number of nitrogens with one attached hydrogen (secondary N) is 1. The second kappa shape index (κ2) is 8.80. The molecule has 1 aliphatic heterocycles. The molecule has 4 rings (SSSR count). The third-order valence-electron chi connectivity index (χ3n) is 5.24. The fourth-order valence-corrected chi connectivity index (χ4v) is 3.99. The van der Waals surface area contributed by atoms with Gasteiger partial charge >= 0.3 is 5.97 Å². The van der Waals surface area contributed by atoms with Crippen molar-refractivity contribution in [3.63, 3.8) is 0 Å². The van der Waals surface area contributed by atoms with E-state index >= 15 is 0 Å². The van der Waals surface area contributed by atoms with E-state index in [1.54, 1.807) is 30.3 Å². The van der Waals surface area contributed by atoms with Crippen LogP contribution >= 0.6 is 12.2 Å². The van der Waals surface area contributed by atoms with Gasteiger partial charge in [0.2, 0.25) is 0 Å². The van der Waals surface area contributed by atoms with Gasteiger partial charge in [-0.3, -0.25) is 4.79 Å². The standard InChI is InChI=1S/C25H21NO5S/c1-2-3-4-23(32)26-14-5-8-17(20(11-14)25(29)30)24-18-9-6-15(27)12-21(18)31-22-13-16(28)7-10-19(22)24/h5-13,27H,2-4H2,1H3,(H,26,32)(H,29,30). The number of rotatable bonds is 6. The maximum atomic E-state index is 12.2. The first kappa shape index (κ1) is 21.5. The molecule has 0 atom stereocenters. The molecule has 0 bridgehead atoms. The average molecular weight is 448 g/mol. The molecule has 162 valence electrons. The summed E-state index contributed by atoms with van der Waals surface area (Å²) in [4.78, 5) is 24.8. The van der Waals surface area contributed by atoms with Gasteiger partial charge in [-0.15, -0.1) is 0 Å². The van der Waals surface area contributed by atoms with Crippen molar-refractivity contribution in [2.24, 2.45) is 0 Å². The predicted molar refractivity (Wildman–Crippen MR) is 129 cm³/mol. The van der Waals surface area contributed by atoms with E-state index in [1.165, 1.54) is 24.3 Å². The summed E-state index contributed by atoms with van der Waals surface area (Å²) in [5, 5.41) is 23.6. The lowest BCUT2D eigenvalue weighted by Crippen LogP contribution is -2.10. The quantitative estimate of drug-likeness (QED) is 0.250. The second-order valence-electron chi connectivity index (χ2n) is 7.53. The number of benzene rings is 3. The monoisotopic (exact) mass is 447 g/mol. The SMILES string of the molecule is CCCCC(=S)Nc1ccc(-c2c3ccc(=O)cc-3oc3cc(O)ccc23)c(C(=O)O)c1. The highest BCUT2D eigenvalue weighted by atomic mass is 32.1. The fourth-order valence-electron chi connectivity index (χ4n) is 3.73. The minimum atomic E-state index is -1.09. The minimum Gasteiger partial charge on any atom is -0.508 e. The highest BCUT2D eigenvalue weighted by Crippen LogP contribution is 2.42. The van der Waals surface area contributed by atoms with E-state index in [0.29, 0.717) is 44.1 Å². The van der Waals surface area contributed by atoms with Gasteiger partial charge in [0.25, 0.3) is 0 Å². The van der Waals surface area contributed by atoms with Crippen molar-refractivity contribution in [3.8, 4) is 28.2 Å². The zero-order valence-corrected chi connectivity index (χ0v) is 18.2.